The Morgan fingerprint density at radius 1 is 1.36 bits per heavy atom. The minimum atomic E-state index is -3.31. The summed E-state index contributed by atoms with van der Waals surface area (Å²) >= 11 is 0. The number of rotatable bonds is 5. The van der Waals surface area contributed by atoms with Crippen LogP contribution >= 0.6 is 0 Å². The number of aromatic amines is 1. The lowest BCUT2D eigenvalue weighted by atomic mass is 10.2. The molecule has 2 aromatic heterocycles. The maximum absolute atomic E-state index is 12.3. The molecule has 0 atom stereocenters. The van der Waals surface area contributed by atoms with Gasteiger partial charge >= 0.3 is 0 Å². The van der Waals surface area contributed by atoms with Crippen LogP contribution in [-0.2, 0) is 16.6 Å². The third kappa shape index (κ3) is 4.12. The molecule has 0 aliphatic heterocycles. The molecule has 8 nitrogen and oxygen atoms in total. The van der Waals surface area contributed by atoms with Gasteiger partial charge in [0.2, 0.25) is 10.0 Å². The molecule has 1 amide bonds. The molecule has 0 aliphatic carbocycles. The SMILES string of the molecule is Cc1n[nH]c(C)c1NC(=O)c1ccnc(CNS(C)(=O)=O)c1. The number of carbonyl (C=O) groups excluding carboxylic acids is 1. The molecule has 2 heterocycles. The lowest BCUT2D eigenvalue weighted by molar-refractivity contribution is 0.102. The number of amides is 1. The number of aryl methyl sites for hydroxylation is 2. The zero-order chi connectivity index (χ0) is 16.3. The van der Waals surface area contributed by atoms with E-state index in [0.29, 0.717) is 22.6 Å². The summed E-state index contributed by atoms with van der Waals surface area (Å²) in [5.74, 6) is -0.310. The molecule has 0 aromatic carbocycles. The molecule has 0 saturated heterocycles. The maximum Gasteiger partial charge on any atom is 0.255 e. The van der Waals surface area contributed by atoms with Crippen molar-refractivity contribution < 1.29 is 13.2 Å². The molecule has 9 heteroatoms. The molecule has 0 aliphatic rings. The van der Waals surface area contributed by atoms with Gasteiger partial charge in [0.1, 0.15) is 0 Å². The van der Waals surface area contributed by atoms with Gasteiger partial charge in [-0.2, -0.15) is 5.10 Å². The van der Waals surface area contributed by atoms with Crippen molar-refractivity contribution in [1.29, 1.82) is 0 Å². The predicted octanol–water partition coefficient (Wildman–Crippen LogP) is 0.723. The molecular weight excluding hydrogens is 306 g/mol. The fraction of sp³-hybridized carbons (Fsp3) is 0.308. The lowest BCUT2D eigenvalue weighted by Gasteiger charge is -2.07. The number of anilines is 1. The van der Waals surface area contributed by atoms with Crippen LogP contribution in [0.15, 0.2) is 18.3 Å². The summed E-state index contributed by atoms with van der Waals surface area (Å²) in [6.45, 7) is 3.63. The zero-order valence-electron chi connectivity index (χ0n) is 12.5. The van der Waals surface area contributed by atoms with Crippen molar-refractivity contribution in [2.24, 2.45) is 0 Å². The second kappa shape index (κ2) is 6.24. The van der Waals surface area contributed by atoms with Crippen LogP contribution < -0.4 is 10.0 Å². The van der Waals surface area contributed by atoms with E-state index >= 15 is 0 Å². The Morgan fingerprint density at radius 3 is 2.68 bits per heavy atom. The Bertz CT molecular complexity index is 778. The van der Waals surface area contributed by atoms with Gasteiger partial charge in [-0.3, -0.25) is 14.9 Å². The summed E-state index contributed by atoms with van der Waals surface area (Å²) in [6, 6.07) is 3.10. The highest BCUT2D eigenvalue weighted by Gasteiger charge is 2.13. The quantitative estimate of drug-likeness (QED) is 0.749. The van der Waals surface area contributed by atoms with Gasteiger partial charge in [-0.25, -0.2) is 13.1 Å². The van der Waals surface area contributed by atoms with Crippen molar-refractivity contribution in [1.82, 2.24) is 19.9 Å². The third-order valence-electron chi connectivity index (χ3n) is 2.96. The van der Waals surface area contributed by atoms with Gasteiger partial charge < -0.3 is 5.32 Å². The number of pyridine rings is 1. The van der Waals surface area contributed by atoms with E-state index in [-0.39, 0.29) is 12.5 Å². The first-order chi connectivity index (χ1) is 10.3. The summed E-state index contributed by atoms with van der Waals surface area (Å²) in [5, 5.41) is 9.57. The highest BCUT2D eigenvalue weighted by molar-refractivity contribution is 7.88. The Hall–Kier alpha value is -2.26. The van der Waals surface area contributed by atoms with Crippen molar-refractivity contribution in [3.05, 3.63) is 41.0 Å². The third-order valence-corrected chi connectivity index (χ3v) is 3.63. The molecule has 118 valence electrons. The molecule has 0 saturated carbocycles. The molecule has 0 unspecified atom stereocenters. The molecule has 0 radical (unpaired) electrons. The van der Waals surface area contributed by atoms with E-state index in [1.807, 2.05) is 6.92 Å². The first kappa shape index (κ1) is 16.1. The van der Waals surface area contributed by atoms with Crippen LogP contribution in [0.25, 0.3) is 0 Å². The van der Waals surface area contributed by atoms with Crippen LogP contribution in [0.3, 0.4) is 0 Å². The average molecular weight is 323 g/mol. The average Bonchev–Trinajstić information content (AvgIpc) is 2.76. The van der Waals surface area contributed by atoms with Gasteiger partial charge in [-0.1, -0.05) is 0 Å². The van der Waals surface area contributed by atoms with Crippen LogP contribution in [-0.4, -0.2) is 35.8 Å². The van der Waals surface area contributed by atoms with Gasteiger partial charge in [0.25, 0.3) is 5.91 Å². The monoisotopic (exact) mass is 323 g/mol. The fourth-order valence-electron chi connectivity index (χ4n) is 1.84. The van der Waals surface area contributed by atoms with Crippen LogP contribution in [0.1, 0.15) is 27.4 Å². The smallest absolute Gasteiger partial charge is 0.255 e. The van der Waals surface area contributed by atoms with Crippen molar-refractivity contribution in [2.75, 3.05) is 11.6 Å². The van der Waals surface area contributed by atoms with E-state index in [9.17, 15) is 13.2 Å². The topological polar surface area (TPSA) is 117 Å². The lowest BCUT2D eigenvalue weighted by Crippen LogP contribution is -2.22. The number of sulfonamides is 1. The predicted molar refractivity (Wildman–Crippen MR) is 81.9 cm³/mol. The first-order valence-electron chi connectivity index (χ1n) is 6.49. The van der Waals surface area contributed by atoms with Gasteiger partial charge in [0.05, 0.1) is 35.6 Å². The second-order valence-corrected chi connectivity index (χ2v) is 6.73. The van der Waals surface area contributed by atoms with Gasteiger partial charge in [-0.05, 0) is 26.0 Å². The number of nitrogens with zero attached hydrogens (tertiary/aromatic N) is 2. The Labute approximate surface area is 128 Å². The molecule has 22 heavy (non-hydrogen) atoms. The standard InChI is InChI=1S/C13H17N5O3S/c1-8-12(9(2)18-17-8)16-13(19)10-4-5-14-11(6-10)7-15-22(3,20)21/h4-6,15H,7H2,1-3H3,(H,16,19)(H,17,18). The highest BCUT2D eigenvalue weighted by Crippen LogP contribution is 2.17. The summed E-state index contributed by atoms with van der Waals surface area (Å²) in [4.78, 5) is 16.3. The molecule has 2 rings (SSSR count). The molecule has 3 N–H and O–H groups in total. The van der Waals surface area contributed by atoms with Crippen molar-refractivity contribution in [2.45, 2.75) is 20.4 Å². The van der Waals surface area contributed by atoms with Crippen molar-refractivity contribution in [3.8, 4) is 0 Å². The van der Waals surface area contributed by atoms with E-state index < -0.39 is 10.0 Å². The number of aromatic nitrogens is 3. The highest BCUT2D eigenvalue weighted by atomic mass is 32.2. The molecule has 0 fully saturated rings. The molecular formula is C13H17N5O3S. The van der Waals surface area contributed by atoms with Crippen LogP contribution in [0.2, 0.25) is 0 Å². The zero-order valence-corrected chi connectivity index (χ0v) is 13.3. The van der Waals surface area contributed by atoms with Crippen molar-refractivity contribution in [3.63, 3.8) is 0 Å². The summed E-state index contributed by atoms with van der Waals surface area (Å²) in [6.07, 6.45) is 2.53. The Morgan fingerprint density at radius 2 is 2.09 bits per heavy atom. The maximum atomic E-state index is 12.3. The Kier molecular flexibility index (Phi) is 4.57. The number of hydrogen-bond donors (Lipinski definition) is 3. The molecule has 2 aromatic rings. The minimum Gasteiger partial charge on any atom is -0.319 e. The van der Waals surface area contributed by atoms with Gasteiger partial charge in [-0.15, -0.1) is 0 Å². The van der Waals surface area contributed by atoms with Crippen LogP contribution in [0, 0.1) is 13.8 Å². The van der Waals surface area contributed by atoms with E-state index in [1.165, 1.54) is 12.3 Å². The van der Waals surface area contributed by atoms with E-state index in [2.05, 4.69) is 25.2 Å². The van der Waals surface area contributed by atoms with E-state index in [1.54, 1.807) is 13.0 Å². The number of hydrogen-bond acceptors (Lipinski definition) is 5. The van der Waals surface area contributed by atoms with E-state index in [4.69, 9.17) is 0 Å². The van der Waals surface area contributed by atoms with Crippen LogP contribution in [0.5, 0.6) is 0 Å². The fourth-order valence-corrected chi connectivity index (χ4v) is 2.25. The van der Waals surface area contributed by atoms with Crippen LogP contribution in [0.4, 0.5) is 5.69 Å². The summed E-state index contributed by atoms with van der Waals surface area (Å²) < 4.78 is 24.5. The summed E-state index contributed by atoms with van der Waals surface area (Å²) in [7, 11) is -3.31. The van der Waals surface area contributed by atoms with E-state index in [0.717, 1.165) is 11.9 Å². The summed E-state index contributed by atoms with van der Waals surface area (Å²) in [5.41, 5.74) is 2.94. The number of nitrogens with one attached hydrogen (secondary N) is 3. The Balaban J connectivity index is 2.13. The molecule has 0 bridgehead atoms. The van der Waals surface area contributed by atoms with Gasteiger partial charge in [0, 0.05) is 11.8 Å². The number of H-pyrrole nitrogens is 1. The van der Waals surface area contributed by atoms with Crippen molar-refractivity contribution >= 4 is 21.6 Å². The largest absolute Gasteiger partial charge is 0.319 e. The normalized spacial score (nSPS) is 11.4. The molecule has 0 spiro atoms. The van der Waals surface area contributed by atoms with Gasteiger partial charge in [0.15, 0.2) is 0 Å². The second-order valence-electron chi connectivity index (χ2n) is 4.89. The minimum absolute atomic E-state index is 0.0315. The number of carbonyl (C=O) groups is 1. The first-order valence-corrected chi connectivity index (χ1v) is 8.38.